The highest BCUT2D eigenvalue weighted by Crippen LogP contribution is 2.33. The molecule has 16 heavy (non-hydrogen) atoms. The minimum absolute atomic E-state index is 0.0162. The van der Waals surface area contributed by atoms with Gasteiger partial charge in [0.05, 0.1) is 12.1 Å². The average molecular weight is 284 g/mol. The van der Waals surface area contributed by atoms with Crippen molar-refractivity contribution >= 4 is 27.5 Å². The second-order valence-electron chi connectivity index (χ2n) is 4.24. The molecule has 86 valence electrons. The van der Waals surface area contributed by atoms with E-state index in [0.29, 0.717) is 6.42 Å². The average Bonchev–Trinajstić information content (AvgIpc) is 2.55. The van der Waals surface area contributed by atoms with Crippen LogP contribution in [0.3, 0.4) is 0 Å². The third-order valence-corrected chi connectivity index (χ3v) is 3.35. The summed E-state index contributed by atoms with van der Waals surface area (Å²) in [7, 11) is 0. The maximum Gasteiger partial charge on any atom is 0.253 e. The predicted molar refractivity (Wildman–Crippen MR) is 66.0 cm³/mol. The summed E-state index contributed by atoms with van der Waals surface area (Å²) in [6, 6.07) is 7.55. The summed E-state index contributed by atoms with van der Waals surface area (Å²) in [5.41, 5.74) is 0.413. The molecular formula is C12H14BrNO2. The second-order valence-corrected chi connectivity index (χ2v) is 5.16. The lowest BCUT2D eigenvalue weighted by molar-refractivity contribution is -0.119. The van der Waals surface area contributed by atoms with E-state index < -0.39 is 0 Å². The van der Waals surface area contributed by atoms with E-state index in [1.807, 2.05) is 38.1 Å². The van der Waals surface area contributed by atoms with Gasteiger partial charge in [0.2, 0.25) is 0 Å². The summed E-state index contributed by atoms with van der Waals surface area (Å²) < 4.78 is 0.937. The molecule has 0 spiro atoms. The highest BCUT2D eigenvalue weighted by atomic mass is 79.9. The van der Waals surface area contributed by atoms with E-state index in [-0.39, 0.29) is 11.5 Å². The molecule has 0 aromatic heterocycles. The summed E-state index contributed by atoms with van der Waals surface area (Å²) in [6.07, 6.45) is 1.26. The van der Waals surface area contributed by atoms with Gasteiger partial charge in [-0.15, -0.1) is 0 Å². The Labute approximate surface area is 103 Å². The van der Waals surface area contributed by atoms with E-state index >= 15 is 0 Å². The van der Waals surface area contributed by atoms with Crippen LogP contribution in [-0.2, 0) is 9.63 Å². The van der Waals surface area contributed by atoms with Crippen LogP contribution < -0.4 is 5.06 Å². The third kappa shape index (κ3) is 2.13. The minimum atomic E-state index is -0.362. The van der Waals surface area contributed by atoms with Crippen LogP contribution in [0.25, 0.3) is 0 Å². The molecule has 1 aliphatic heterocycles. The zero-order valence-electron chi connectivity index (χ0n) is 9.37. The van der Waals surface area contributed by atoms with Crippen LogP contribution in [0.15, 0.2) is 28.7 Å². The smallest absolute Gasteiger partial charge is 0.253 e. The van der Waals surface area contributed by atoms with E-state index in [9.17, 15) is 4.79 Å². The van der Waals surface area contributed by atoms with Gasteiger partial charge in [-0.1, -0.05) is 28.9 Å². The van der Waals surface area contributed by atoms with E-state index in [4.69, 9.17) is 4.84 Å². The molecule has 0 bridgehead atoms. The first-order valence-corrected chi connectivity index (χ1v) is 6.11. The fourth-order valence-corrected chi connectivity index (χ4v) is 2.07. The quantitative estimate of drug-likeness (QED) is 0.834. The number of hydroxylamine groups is 1. The van der Waals surface area contributed by atoms with Crippen LogP contribution in [-0.4, -0.2) is 11.5 Å². The van der Waals surface area contributed by atoms with Gasteiger partial charge < -0.3 is 0 Å². The van der Waals surface area contributed by atoms with Crippen LogP contribution in [0.5, 0.6) is 0 Å². The van der Waals surface area contributed by atoms with Crippen molar-refractivity contribution in [3.8, 4) is 0 Å². The van der Waals surface area contributed by atoms with E-state index in [1.54, 1.807) is 0 Å². The number of nitrogens with zero attached hydrogens (tertiary/aromatic N) is 1. The highest BCUT2D eigenvalue weighted by Gasteiger charge is 2.40. The van der Waals surface area contributed by atoms with E-state index in [2.05, 4.69) is 15.9 Å². The van der Waals surface area contributed by atoms with Crippen molar-refractivity contribution in [3.63, 3.8) is 0 Å². The van der Waals surface area contributed by atoms with Gasteiger partial charge in [0, 0.05) is 4.47 Å². The first-order chi connectivity index (χ1) is 7.54. The summed E-state index contributed by atoms with van der Waals surface area (Å²) >= 11 is 3.38. The highest BCUT2D eigenvalue weighted by molar-refractivity contribution is 9.10. The topological polar surface area (TPSA) is 29.5 Å². The molecule has 1 aromatic rings. The minimum Gasteiger partial charge on any atom is -0.272 e. The molecule has 1 saturated heterocycles. The fraction of sp³-hybridized carbons (Fsp3) is 0.417. The molecule has 1 atom stereocenters. The summed E-state index contributed by atoms with van der Waals surface area (Å²) in [6.45, 7) is 3.99. The Hall–Kier alpha value is -0.870. The van der Waals surface area contributed by atoms with Crippen molar-refractivity contribution in [2.45, 2.75) is 32.3 Å². The van der Waals surface area contributed by atoms with Gasteiger partial charge in [-0.25, -0.2) is 0 Å². The number of amides is 1. The van der Waals surface area contributed by atoms with E-state index in [0.717, 1.165) is 16.6 Å². The first-order valence-electron chi connectivity index (χ1n) is 5.32. The number of halogens is 1. The van der Waals surface area contributed by atoms with Crippen molar-refractivity contribution < 1.29 is 9.63 Å². The Morgan fingerprint density at radius 3 is 2.88 bits per heavy atom. The lowest BCUT2D eigenvalue weighted by atomic mass is 10.0. The number of benzene rings is 1. The number of anilines is 1. The molecule has 0 aliphatic carbocycles. The SMILES string of the molecule is CCC1(C)CC(=O)N(c2cccc(Br)c2)O1. The van der Waals surface area contributed by atoms with Gasteiger partial charge in [0.1, 0.15) is 5.60 Å². The van der Waals surface area contributed by atoms with Crippen LogP contribution >= 0.6 is 15.9 Å². The van der Waals surface area contributed by atoms with Crippen molar-refractivity contribution in [2.24, 2.45) is 0 Å². The van der Waals surface area contributed by atoms with Gasteiger partial charge in [0.15, 0.2) is 0 Å². The lowest BCUT2D eigenvalue weighted by Gasteiger charge is -2.22. The van der Waals surface area contributed by atoms with Crippen LogP contribution in [0.1, 0.15) is 26.7 Å². The number of rotatable bonds is 2. The number of hydrogen-bond acceptors (Lipinski definition) is 2. The Morgan fingerprint density at radius 2 is 2.31 bits per heavy atom. The predicted octanol–water partition coefficient (Wildman–Crippen LogP) is 3.29. The molecule has 1 amide bonds. The van der Waals surface area contributed by atoms with Gasteiger partial charge >= 0.3 is 0 Å². The van der Waals surface area contributed by atoms with Crippen molar-refractivity contribution in [1.82, 2.24) is 0 Å². The standard InChI is InChI=1S/C12H14BrNO2/c1-3-12(2)8-11(15)14(16-12)10-6-4-5-9(13)7-10/h4-7H,3,8H2,1-2H3. The largest absolute Gasteiger partial charge is 0.272 e. The molecular weight excluding hydrogens is 270 g/mol. The number of hydrogen-bond donors (Lipinski definition) is 0. The molecule has 2 rings (SSSR count). The van der Waals surface area contributed by atoms with Crippen LogP contribution in [0.2, 0.25) is 0 Å². The zero-order chi connectivity index (χ0) is 11.8. The fourth-order valence-electron chi connectivity index (χ4n) is 1.68. The maximum absolute atomic E-state index is 11.8. The van der Waals surface area contributed by atoms with Crippen LogP contribution in [0, 0.1) is 0 Å². The molecule has 4 heteroatoms. The Bertz CT molecular complexity index is 421. The maximum atomic E-state index is 11.8. The third-order valence-electron chi connectivity index (χ3n) is 2.85. The Morgan fingerprint density at radius 1 is 1.56 bits per heavy atom. The molecule has 0 N–H and O–H groups in total. The van der Waals surface area contributed by atoms with Gasteiger partial charge in [-0.05, 0) is 31.5 Å². The normalized spacial score (nSPS) is 25.2. The van der Waals surface area contributed by atoms with Gasteiger partial charge in [0.25, 0.3) is 5.91 Å². The van der Waals surface area contributed by atoms with Crippen molar-refractivity contribution in [1.29, 1.82) is 0 Å². The Balaban J connectivity index is 2.27. The first kappa shape index (κ1) is 11.6. The molecule has 1 heterocycles. The van der Waals surface area contributed by atoms with Crippen molar-refractivity contribution in [2.75, 3.05) is 5.06 Å². The summed E-state index contributed by atoms with van der Waals surface area (Å²) in [5.74, 6) is 0.0162. The van der Waals surface area contributed by atoms with Crippen LogP contribution in [0.4, 0.5) is 5.69 Å². The Kier molecular flexibility index (Phi) is 3.04. The molecule has 0 saturated carbocycles. The second kappa shape index (κ2) is 4.18. The van der Waals surface area contributed by atoms with Gasteiger partial charge in [-0.3, -0.25) is 9.63 Å². The molecule has 1 aromatic carbocycles. The molecule has 0 radical (unpaired) electrons. The zero-order valence-corrected chi connectivity index (χ0v) is 11.0. The van der Waals surface area contributed by atoms with E-state index in [1.165, 1.54) is 5.06 Å². The molecule has 1 fully saturated rings. The number of carbonyl (C=O) groups is 1. The summed E-state index contributed by atoms with van der Waals surface area (Å²) in [5, 5.41) is 1.40. The van der Waals surface area contributed by atoms with Gasteiger partial charge in [-0.2, -0.15) is 5.06 Å². The summed E-state index contributed by atoms with van der Waals surface area (Å²) in [4.78, 5) is 17.6. The molecule has 1 aliphatic rings. The number of carbonyl (C=O) groups excluding carboxylic acids is 1. The molecule has 1 unspecified atom stereocenters. The molecule has 3 nitrogen and oxygen atoms in total. The lowest BCUT2D eigenvalue weighted by Crippen LogP contribution is -2.27. The van der Waals surface area contributed by atoms with Crippen molar-refractivity contribution in [3.05, 3.63) is 28.7 Å². The monoisotopic (exact) mass is 283 g/mol.